The number of benzene rings is 2. The van der Waals surface area contributed by atoms with Crippen molar-refractivity contribution in [3.8, 4) is 0 Å². The first-order chi connectivity index (χ1) is 12.1. The highest BCUT2D eigenvalue weighted by atomic mass is 32.1. The molecule has 2 aromatic heterocycles. The zero-order chi connectivity index (χ0) is 17.4. The highest BCUT2D eigenvalue weighted by Crippen LogP contribution is 2.26. The molecule has 6 heteroatoms. The summed E-state index contributed by atoms with van der Waals surface area (Å²) in [6.45, 7) is 2.15. The summed E-state index contributed by atoms with van der Waals surface area (Å²) in [6.07, 6.45) is 1.64. The molecule has 4 aromatic rings. The Hall–Kier alpha value is -2.99. The van der Waals surface area contributed by atoms with Gasteiger partial charge in [-0.1, -0.05) is 29.5 Å². The van der Waals surface area contributed by atoms with E-state index >= 15 is 0 Å². The number of nitrogens with one attached hydrogen (secondary N) is 1. The molecule has 0 fully saturated rings. The summed E-state index contributed by atoms with van der Waals surface area (Å²) in [6, 6.07) is 14.8. The van der Waals surface area contributed by atoms with E-state index in [-0.39, 0.29) is 17.9 Å². The van der Waals surface area contributed by atoms with Crippen molar-refractivity contribution in [2.45, 2.75) is 13.5 Å². The summed E-state index contributed by atoms with van der Waals surface area (Å²) < 4.78 is 2.81. The van der Waals surface area contributed by atoms with E-state index in [9.17, 15) is 9.59 Å². The quantitative estimate of drug-likeness (QED) is 0.615. The van der Waals surface area contributed by atoms with Gasteiger partial charge in [0.05, 0.1) is 15.7 Å². The zero-order valence-electron chi connectivity index (χ0n) is 13.5. The molecule has 0 spiro atoms. The number of rotatable bonds is 3. The molecule has 0 atom stereocenters. The maximum atomic E-state index is 12.4. The zero-order valence-corrected chi connectivity index (χ0v) is 14.3. The van der Waals surface area contributed by atoms with Crippen molar-refractivity contribution in [2.75, 3.05) is 5.32 Å². The minimum atomic E-state index is -0.176. The molecule has 0 aliphatic carbocycles. The molecule has 0 unspecified atom stereocenters. The van der Waals surface area contributed by atoms with Gasteiger partial charge in [-0.3, -0.25) is 9.59 Å². The summed E-state index contributed by atoms with van der Waals surface area (Å²) in [5, 5.41) is 4.03. The molecule has 1 N–H and O–H groups in total. The van der Waals surface area contributed by atoms with Gasteiger partial charge in [0, 0.05) is 17.6 Å². The molecule has 0 bridgehead atoms. The molecule has 0 aliphatic heterocycles. The molecular weight excluding hydrogens is 334 g/mol. The number of carbonyl (C=O) groups excluding carboxylic acids is 1. The van der Waals surface area contributed by atoms with Gasteiger partial charge < -0.3 is 9.88 Å². The third kappa shape index (κ3) is 3.04. The largest absolute Gasteiger partial charge is 0.338 e. The van der Waals surface area contributed by atoms with E-state index in [1.54, 1.807) is 16.8 Å². The number of anilines is 1. The fourth-order valence-electron chi connectivity index (χ4n) is 2.80. The van der Waals surface area contributed by atoms with Gasteiger partial charge in [0.25, 0.3) is 0 Å². The minimum Gasteiger partial charge on any atom is -0.338 e. The third-order valence-corrected chi connectivity index (χ3v) is 4.92. The fourth-order valence-corrected chi connectivity index (χ4v) is 3.78. The number of hydrogen-bond donors (Lipinski definition) is 1. The highest BCUT2D eigenvalue weighted by molar-refractivity contribution is 7.22. The maximum absolute atomic E-state index is 12.4. The summed E-state index contributed by atoms with van der Waals surface area (Å²) >= 11 is 1.45. The molecule has 0 radical (unpaired) electrons. The second kappa shape index (κ2) is 6.14. The molecular formula is C19H15N3O2S. The average Bonchev–Trinajstić information content (AvgIpc) is 2.99. The van der Waals surface area contributed by atoms with Crippen LogP contribution < -0.4 is 10.7 Å². The predicted octanol–water partition coefficient (Wildman–Crippen LogP) is 3.56. The second-order valence-corrected chi connectivity index (χ2v) is 6.89. The van der Waals surface area contributed by atoms with E-state index < -0.39 is 0 Å². The van der Waals surface area contributed by atoms with Gasteiger partial charge in [-0.2, -0.15) is 0 Å². The Morgan fingerprint density at radius 3 is 2.92 bits per heavy atom. The lowest BCUT2D eigenvalue weighted by Crippen LogP contribution is -2.20. The molecule has 2 aromatic carbocycles. The molecule has 0 saturated heterocycles. The maximum Gasteiger partial charge on any atom is 0.246 e. The van der Waals surface area contributed by atoms with E-state index in [0.717, 1.165) is 21.3 Å². The SMILES string of the molecule is Cc1ccc2nc(NC(=O)Cn3ccc(=O)c4ccccc43)sc2c1. The van der Waals surface area contributed by atoms with Crippen molar-refractivity contribution >= 4 is 43.5 Å². The number of thiazole rings is 1. The van der Waals surface area contributed by atoms with Crippen LogP contribution in [-0.2, 0) is 11.3 Å². The van der Waals surface area contributed by atoms with E-state index in [4.69, 9.17) is 0 Å². The van der Waals surface area contributed by atoms with Crippen LogP contribution in [0.1, 0.15) is 5.56 Å². The summed E-state index contributed by atoms with van der Waals surface area (Å²) in [5.41, 5.74) is 2.73. The normalized spacial score (nSPS) is 11.1. The van der Waals surface area contributed by atoms with Crippen molar-refractivity contribution in [1.29, 1.82) is 0 Å². The van der Waals surface area contributed by atoms with Gasteiger partial charge in [-0.25, -0.2) is 4.98 Å². The molecule has 25 heavy (non-hydrogen) atoms. The van der Waals surface area contributed by atoms with Crippen LogP contribution in [0.5, 0.6) is 0 Å². The monoisotopic (exact) mass is 349 g/mol. The van der Waals surface area contributed by atoms with Crippen LogP contribution in [0.2, 0.25) is 0 Å². The number of pyridine rings is 1. The number of hydrogen-bond acceptors (Lipinski definition) is 4. The molecule has 0 saturated carbocycles. The van der Waals surface area contributed by atoms with Crippen LogP contribution in [0.3, 0.4) is 0 Å². The van der Waals surface area contributed by atoms with E-state index in [1.165, 1.54) is 17.4 Å². The van der Waals surface area contributed by atoms with Crippen LogP contribution in [-0.4, -0.2) is 15.5 Å². The molecule has 1 amide bonds. The topological polar surface area (TPSA) is 64.0 Å². The van der Waals surface area contributed by atoms with Gasteiger partial charge in [-0.15, -0.1) is 0 Å². The Morgan fingerprint density at radius 1 is 1.20 bits per heavy atom. The number of para-hydroxylation sites is 1. The minimum absolute atomic E-state index is 0.0474. The van der Waals surface area contributed by atoms with Gasteiger partial charge in [0.1, 0.15) is 6.54 Å². The fraction of sp³-hybridized carbons (Fsp3) is 0.105. The standard InChI is InChI=1S/C19H15N3O2S/c1-12-6-7-14-17(10-12)25-19(20-14)21-18(24)11-22-9-8-16(23)13-4-2-3-5-15(13)22/h2-10H,11H2,1H3,(H,20,21,24). The van der Waals surface area contributed by atoms with Crippen LogP contribution >= 0.6 is 11.3 Å². The first kappa shape index (κ1) is 15.5. The van der Waals surface area contributed by atoms with Crippen molar-refractivity contribution in [3.05, 3.63) is 70.5 Å². The second-order valence-electron chi connectivity index (χ2n) is 5.86. The van der Waals surface area contributed by atoms with Crippen LogP contribution in [0.25, 0.3) is 21.1 Å². The molecule has 2 heterocycles. The van der Waals surface area contributed by atoms with E-state index in [0.29, 0.717) is 10.5 Å². The van der Waals surface area contributed by atoms with Gasteiger partial charge >= 0.3 is 0 Å². The van der Waals surface area contributed by atoms with Crippen molar-refractivity contribution in [2.24, 2.45) is 0 Å². The first-order valence-corrected chi connectivity index (χ1v) is 8.67. The number of nitrogens with zero attached hydrogens (tertiary/aromatic N) is 2. The molecule has 5 nitrogen and oxygen atoms in total. The Balaban J connectivity index is 1.60. The van der Waals surface area contributed by atoms with Gasteiger partial charge in [0.15, 0.2) is 10.6 Å². The number of fused-ring (bicyclic) bond motifs is 2. The molecule has 124 valence electrons. The van der Waals surface area contributed by atoms with E-state index in [1.807, 2.05) is 37.3 Å². The summed E-state index contributed by atoms with van der Waals surface area (Å²) in [5.74, 6) is -0.176. The van der Waals surface area contributed by atoms with Crippen LogP contribution in [0.15, 0.2) is 59.5 Å². The predicted molar refractivity (Wildman–Crippen MR) is 101 cm³/mol. The van der Waals surface area contributed by atoms with Crippen LogP contribution in [0, 0.1) is 6.92 Å². The average molecular weight is 349 g/mol. The molecule has 4 rings (SSSR count). The lowest BCUT2D eigenvalue weighted by Gasteiger charge is -2.09. The Morgan fingerprint density at radius 2 is 2.04 bits per heavy atom. The van der Waals surface area contributed by atoms with Gasteiger partial charge in [-0.05, 0) is 36.8 Å². The first-order valence-electron chi connectivity index (χ1n) is 7.85. The summed E-state index contributed by atoms with van der Waals surface area (Å²) in [7, 11) is 0. The van der Waals surface area contributed by atoms with E-state index in [2.05, 4.69) is 16.4 Å². The smallest absolute Gasteiger partial charge is 0.246 e. The van der Waals surface area contributed by atoms with Crippen molar-refractivity contribution in [3.63, 3.8) is 0 Å². The Kier molecular flexibility index (Phi) is 3.82. The highest BCUT2D eigenvalue weighted by Gasteiger charge is 2.10. The van der Waals surface area contributed by atoms with Crippen LogP contribution in [0.4, 0.5) is 5.13 Å². The number of aromatic nitrogens is 2. The third-order valence-electron chi connectivity index (χ3n) is 3.99. The number of amides is 1. The number of carbonyl (C=O) groups is 1. The Bertz CT molecular complexity index is 1160. The van der Waals surface area contributed by atoms with Crippen molar-refractivity contribution in [1.82, 2.24) is 9.55 Å². The lowest BCUT2D eigenvalue weighted by molar-refractivity contribution is -0.116. The molecule has 0 aliphatic rings. The Labute approximate surface area is 147 Å². The number of aryl methyl sites for hydroxylation is 1. The van der Waals surface area contributed by atoms with Crippen molar-refractivity contribution < 1.29 is 4.79 Å². The van der Waals surface area contributed by atoms with Gasteiger partial charge in [0.2, 0.25) is 5.91 Å². The lowest BCUT2D eigenvalue weighted by atomic mass is 10.2. The summed E-state index contributed by atoms with van der Waals surface area (Å²) in [4.78, 5) is 28.8.